The normalized spacial score (nSPS) is 23.7. The zero-order chi connectivity index (χ0) is 12.3. The van der Waals surface area contributed by atoms with E-state index in [9.17, 15) is 4.39 Å². The summed E-state index contributed by atoms with van der Waals surface area (Å²) >= 11 is 0. The molecule has 3 N–H and O–H groups in total. The quantitative estimate of drug-likeness (QED) is 0.846. The average Bonchev–Trinajstić information content (AvgIpc) is 2.76. The molecular weight excluding hydrogens is 219 g/mol. The molecule has 1 aliphatic rings. The summed E-state index contributed by atoms with van der Waals surface area (Å²) in [6.45, 7) is 0.691. The van der Waals surface area contributed by atoms with Gasteiger partial charge in [0.25, 0.3) is 0 Å². The number of hydrogen-bond donors (Lipinski definition) is 2. The third-order valence-electron chi connectivity index (χ3n) is 3.47. The number of rotatable bonds is 4. The molecule has 3 nitrogen and oxygen atoms in total. The van der Waals surface area contributed by atoms with Crippen LogP contribution in [0.4, 0.5) is 10.1 Å². The second-order valence-corrected chi connectivity index (χ2v) is 4.53. The highest BCUT2D eigenvalue weighted by Gasteiger charge is 2.25. The fourth-order valence-electron chi connectivity index (χ4n) is 2.48. The number of hydrogen-bond acceptors (Lipinski definition) is 3. The Morgan fingerprint density at radius 3 is 2.94 bits per heavy atom. The van der Waals surface area contributed by atoms with Crippen molar-refractivity contribution in [1.29, 1.82) is 0 Å². The van der Waals surface area contributed by atoms with Gasteiger partial charge in [0.1, 0.15) is 0 Å². The summed E-state index contributed by atoms with van der Waals surface area (Å²) in [7, 11) is 1.47. The lowest BCUT2D eigenvalue weighted by Crippen LogP contribution is -2.29. The van der Waals surface area contributed by atoms with Gasteiger partial charge in [-0.1, -0.05) is 6.42 Å². The van der Waals surface area contributed by atoms with E-state index in [4.69, 9.17) is 10.5 Å². The van der Waals surface area contributed by atoms with Crippen LogP contribution in [0.3, 0.4) is 0 Å². The molecular formula is C13H19FN2O. The Hall–Kier alpha value is -1.29. The van der Waals surface area contributed by atoms with Gasteiger partial charge < -0.3 is 15.8 Å². The molecule has 0 aromatic heterocycles. The van der Waals surface area contributed by atoms with Crippen LogP contribution < -0.4 is 15.8 Å². The average molecular weight is 238 g/mol. The van der Waals surface area contributed by atoms with Crippen LogP contribution in [0.2, 0.25) is 0 Å². The van der Waals surface area contributed by atoms with Gasteiger partial charge in [-0.05, 0) is 37.4 Å². The molecule has 2 rings (SSSR count). The van der Waals surface area contributed by atoms with Crippen LogP contribution in [0.5, 0.6) is 5.75 Å². The van der Waals surface area contributed by atoms with Crippen molar-refractivity contribution in [2.45, 2.75) is 25.3 Å². The SMILES string of the molecule is COc1ccc(NC2CCCC2CN)cc1F. The van der Waals surface area contributed by atoms with Crippen molar-refractivity contribution in [1.82, 2.24) is 0 Å². The highest BCUT2D eigenvalue weighted by molar-refractivity contribution is 5.48. The summed E-state index contributed by atoms with van der Waals surface area (Å²) in [4.78, 5) is 0. The van der Waals surface area contributed by atoms with Gasteiger partial charge in [-0.25, -0.2) is 4.39 Å². The monoisotopic (exact) mass is 238 g/mol. The minimum absolute atomic E-state index is 0.275. The molecule has 1 aromatic carbocycles. The second kappa shape index (κ2) is 5.36. The van der Waals surface area contributed by atoms with Gasteiger partial charge >= 0.3 is 0 Å². The highest BCUT2D eigenvalue weighted by atomic mass is 19.1. The first kappa shape index (κ1) is 12.2. The maximum atomic E-state index is 13.5. The molecule has 1 saturated carbocycles. The molecule has 0 amide bonds. The number of nitrogens with one attached hydrogen (secondary N) is 1. The van der Waals surface area contributed by atoms with Gasteiger partial charge in [0, 0.05) is 17.8 Å². The summed E-state index contributed by atoms with van der Waals surface area (Å²) in [6, 6.07) is 5.33. The fourth-order valence-corrected chi connectivity index (χ4v) is 2.48. The lowest BCUT2D eigenvalue weighted by molar-refractivity contribution is 0.386. The Morgan fingerprint density at radius 1 is 1.47 bits per heavy atom. The highest BCUT2D eigenvalue weighted by Crippen LogP contribution is 2.29. The van der Waals surface area contributed by atoms with E-state index in [-0.39, 0.29) is 11.6 Å². The van der Waals surface area contributed by atoms with Crippen molar-refractivity contribution in [2.24, 2.45) is 11.7 Å². The van der Waals surface area contributed by atoms with Gasteiger partial charge in [0.05, 0.1) is 7.11 Å². The van der Waals surface area contributed by atoms with E-state index >= 15 is 0 Å². The van der Waals surface area contributed by atoms with Crippen molar-refractivity contribution >= 4 is 5.69 Å². The van der Waals surface area contributed by atoms with E-state index in [2.05, 4.69) is 5.32 Å². The molecule has 0 saturated heterocycles. The maximum absolute atomic E-state index is 13.5. The number of nitrogens with two attached hydrogens (primary N) is 1. The molecule has 2 atom stereocenters. The lowest BCUT2D eigenvalue weighted by atomic mass is 10.0. The van der Waals surface area contributed by atoms with Crippen molar-refractivity contribution in [3.8, 4) is 5.75 Å². The number of ether oxygens (including phenoxy) is 1. The van der Waals surface area contributed by atoms with E-state index in [0.717, 1.165) is 18.5 Å². The summed E-state index contributed by atoms with van der Waals surface area (Å²) in [6.07, 6.45) is 3.46. The molecule has 0 aliphatic heterocycles. The maximum Gasteiger partial charge on any atom is 0.167 e. The largest absolute Gasteiger partial charge is 0.494 e. The first-order chi connectivity index (χ1) is 8.24. The van der Waals surface area contributed by atoms with Crippen molar-refractivity contribution in [3.63, 3.8) is 0 Å². The molecule has 1 aliphatic carbocycles. The van der Waals surface area contributed by atoms with Gasteiger partial charge in [0.15, 0.2) is 11.6 Å². The molecule has 1 fully saturated rings. The van der Waals surface area contributed by atoms with Gasteiger partial charge in [0.2, 0.25) is 0 Å². The smallest absolute Gasteiger partial charge is 0.167 e. The van der Waals surface area contributed by atoms with Crippen LogP contribution >= 0.6 is 0 Å². The third-order valence-corrected chi connectivity index (χ3v) is 3.47. The predicted molar refractivity (Wildman–Crippen MR) is 66.8 cm³/mol. The van der Waals surface area contributed by atoms with Gasteiger partial charge in [-0.3, -0.25) is 0 Å². The summed E-state index contributed by atoms with van der Waals surface area (Å²) < 4.78 is 18.4. The van der Waals surface area contributed by atoms with Crippen molar-refractivity contribution < 1.29 is 9.13 Å². The predicted octanol–water partition coefficient (Wildman–Crippen LogP) is 2.37. The van der Waals surface area contributed by atoms with E-state index in [1.54, 1.807) is 6.07 Å². The van der Waals surface area contributed by atoms with Crippen LogP contribution in [0.15, 0.2) is 18.2 Å². The Morgan fingerprint density at radius 2 is 2.29 bits per heavy atom. The molecule has 17 heavy (non-hydrogen) atoms. The van der Waals surface area contributed by atoms with E-state index in [1.807, 2.05) is 6.07 Å². The first-order valence-electron chi connectivity index (χ1n) is 6.04. The molecule has 94 valence electrons. The minimum atomic E-state index is -0.334. The number of halogens is 1. The third kappa shape index (κ3) is 2.69. The number of methoxy groups -OCH3 is 1. The van der Waals surface area contributed by atoms with Crippen LogP contribution in [0.25, 0.3) is 0 Å². The minimum Gasteiger partial charge on any atom is -0.494 e. The van der Waals surface area contributed by atoms with Crippen molar-refractivity contribution in [3.05, 3.63) is 24.0 Å². The van der Waals surface area contributed by atoms with Crippen LogP contribution in [0, 0.1) is 11.7 Å². The Kier molecular flexibility index (Phi) is 3.84. The van der Waals surface area contributed by atoms with E-state index in [1.165, 1.54) is 19.6 Å². The molecule has 0 radical (unpaired) electrons. The molecule has 2 unspecified atom stereocenters. The molecule has 0 heterocycles. The Labute approximate surface area is 101 Å². The standard InChI is InChI=1S/C13H19FN2O/c1-17-13-6-5-10(7-11(13)14)16-12-4-2-3-9(12)8-15/h5-7,9,12,16H,2-4,8,15H2,1H3. The second-order valence-electron chi connectivity index (χ2n) is 4.53. The van der Waals surface area contributed by atoms with Crippen LogP contribution in [0.1, 0.15) is 19.3 Å². The van der Waals surface area contributed by atoms with Crippen molar-refractivity contribution in [2.75, 3.05) is 19.0 Å². The summed E-state index contributed by atoms with van der Waals surface area (Å²) in [5.41, 5.74) is 6.52. The number of anilines is 1. The molecule has 0 spiro atoms. The van der Waals surface area contributed by atoms with Gasteiger partial charge in [-0.15, -0.1) is 0 Å². The Bertz CT molecular complexity index is 384. The summed E-state index contributed by atoms with van der Waals surface area (Å²) in [5, 5.41) is 3.36. The zero-order valence-electron chi connectivity index (χ0n) is 10.1. The Balaban J connectivity index is 2.05. The first-order valence-corrected chi connectivity index (χ1v) is 6.04. The zero-order valence-corrected chi connectivity index (χ0v) is 10.1. The lowest BCUT2D eigenvalue weighted by Gasteiger charge is -2.20. The fraction of sp³-hybridized carbons (Fsp3) is 0.538. The van der Waals surface area contributed by atoms with Crippen LogP contribution in [-0.2, 0) is 0 Å². The van der Waals surface area contributed by atoms with E-state index < -0.39 is 0 Å². The van der Waals surface area contributed by atoms with Crippen LogP contribution in [-0.4, -0.2) is 19.7 Å². The molecule has 0 bridgehead atoms. The van der Waals surface area contributed by atoms with Gasteiger partial charge in [-0.2, -0.15) is 0 Å². The topological polar surface area (TPSA) is 47.3 Å². The molecule has 1 aromatic rings. The molecule has 4 heteroatoms. The van der Waals surface area contributed by atoms with E-state index in [0.29, 0.717) is 18.5 Å². The number of benzene rings is 1. The summed E-state index contributed by atoms with van der Waals surface area (Å²) in [5.74, 6) is 0.442.